The van der Waals surface area contributed by atoms with Crippen LogP contribution in [-0.2, 0) is 0 Å². The van der Waals surface area contributed by atoms with Crippen molar-refractivity contribution in [1.29, 1.82) is 0 Å². The van der Waals surface area contributed by atoms with E-state index >= 15 is 4.39 Å². The Morgan fingerprint density at radius 1 is 1.15 bits per heavy atom. The molecule has 7 nitrogen and oxygen atoms in total. The van der Waals surface area contributed by atoms with Gasteiger partial charge in [0.25, 0.3) is 0 Å². The number of aliphatic hydroxyl groups is 1. The Hall–Kier alpha value is -3.20. The number of aliphatic hydroxyl groups excluding tert-OH is 1. The lowest BCUT2D eigenvalue weighted by molar-refractivity contribution is 0.130. The van der Waals surface area contributed by atoms with Gasteiger partial charge in [-0.05, 0) is 69.0 Å². The second-order valence-corrected chi connectivity index (χ2v) is 11.8. The van der Waals surface area contributed by atoms with Crippen LogP contribution in [0.2, 0.25) is 5.02 Å². The molecule has 2 unspecified atom stereocenters. The predicted octanol–water partition coefficient (Wildman–Crippen LogP) is 6.23. The first-order valence-electron chi connectivity index (χ1n) is 14.7. The number of anilines is 1. The van der Waals surface area contributed by atoms with Crippen LogP contribution in [0.15, 0.2) is 48.2 Å². The van der Waals surface area contributed by atoms with Crippen LogP contribution in [0.4, 0.5) is 10.2 Å². The number of nitrogens with zero attached hydrogens (tertiary/aromatic N) is 4. The van der Waals surface area contributed by atoms with E-state index in [4.69, 9.17) is 21.3 Å². The summed E-state index contributed by atoms with van der Waals surface area (Å²) < 4.78 is 22.2. The highest BCUT2D eigenvalue weighted by Gasteiger charge is 2.34. The number of hydrogen-bond donors (Lipinski definition) is 2. The van der Waals surface area contributed by atoms with Crippen molar-refractivity contribution in [1.82, 2.24) is 20.2 Å². The van der Waals surface area contributed by atoms with E-state index in [1.807, 2.05) is 30.3 Å². The van der Waals surface area contributed by atoms with Gasteiger partial charge in [0, 0.05) is 48.7 Å². The van der Waals surface area contributed by atoms with Crippen LogP contribution in [0.1, 0.15) is 50.2 Å². The van der Waals surface area contributed by atoms with Crippen molar-refractivity contribution in [2.75, 3.05) is 37.7 Å². The number of aromatic nitrogens is 2. The topological polar surface area (TPSA) is 73.8 Å². The molecule has 2 aromatic carbocycles. The zero-order valence-corrected chi connectivity index (χ0v) is 24.2. The SMILES string of the molecule is C[C@H]1CCCCN1CCOc1nc(N2CC3CCC(C2)N3)c2cc(Cl)c(/C=C/C(O)=C\c3ccccc3)c(F)c2n1. The number of allylic oxidation sites excluding steroid dienone is 1. The number of ether oxygens (including phenoxy) is 1. The monoisotopic (exact) mass is 577 g/mol. The van der Waals surface area contributed by atoms with Gasteiger partial charge in [-0.3, -0.25) is 4.90 Å². The van der Waals surface area contributed by atoms with E-state index in [0.717, 1.165) is 44.6 Å². The third-order valence-corrected chi connectivity index (χ3v) is 8.79. The Morgan fingerprint density at radius 2 is 1.93 bits per heavy atom. The minimum absolute atomic E-state index is 0.0117. The normalized spacial score (nSPS) is 23.5. The summed E-state index contributed by atoms with van der Waals surface area (Å²) in [5.41, 5.74) is 1.16. The Bertz CT molecular complexity index is 1440. The first-order chi connectivity index (χ1) is 19.9. The van der Waals surface area contributed by atoms with Crippen LogP contribution in [0, 0.1) is 5.82 Å². The zero-order chi connectivity index (χ0) is 28.3. The lowest BCUT2D eigenvalue weighted by Crippen LogP contribution is -2.51. The minimum atomic E-state index is -0.562. The van der Waals surface area contributed by atoms with Crippen molar-refractivity contribution in [3.63, 3.8) is 0 Å². The molecular formula is C32H37ClFN5O2. The smallest absolute Gasteiger partial charge is 0.319 e. The van der Waals surface area contributed by atoms with Gasteiger partial charge in [-0.1, -0.05) is 48.4 Å². The van der Waals surface area contributed by atoms with E-state index in [-0.39, 0.29) is 27.9 Å². The van der Waals surface area contributed by atoms with Crippen LogP contribution < -0.4 is 15.0 Å². The van der Waals surface area contributed by atoms with Crippen LogP contribution in [0.3, 0.4) is 0 Å². The Balaban J connectivity index is 1.32. The molecule has 1 aromatic heterocycles. The first kappa shape index (κ1) is 27.9. The number of benzene rings is 2. The molecule has 4 heterocycles. The van der Waals surface area contributed by atoms with Gasteiger partial charge in [-0.25, -0.2) is 4.39 Å². The van der Waals surface area contributed by atoms with Crippen molar-refractivity contribution in [3.8, 4) is 6.01 Å². The maximum atomic E-state index is 16.1. The molecule has 0 radical (unpaired) electrons. The summed E-state index contributed by atoms with van der Waals surface area (Å²) in [7, 11) is 0. The largest absolute Gasteiger partial charge is 0.508 e. The van der Waals surface area contributed by atoms with E-state index in [1.54, 1.807) is 12.1 Å². The van der Waals surface area contributed by atoms with Gasteiger partial charge in [0.15, 0.2) is 5.82 Å². The molecule has 41 heavy (non-hydrogen) atoms. The van der Waals surface area contributed by atoms with Gasteiger partial charge in [-0.2, -0.15) is 9.97 Å². The lowest BCUT2D eigenvalue weighted by atomic mass is 10.0. The molecule has 3 aliphatic rings. The van der Waals surface area contributed by atoms with Gasteiger partial charge < -0.3 is 20.1 Å². The molecule has 0 aliphatic carbocycles. The van der Waals surface area contributed by atoms with Crippen LogP contribution in [0.25, 0.3) is 23.1 Å². The molecule has 0 amide bonds. The number of hydrogen-bond acceptors (Lipinski definition) is 7. The quantitative estimate of drug-likeness (QED) is 0.243. The van der Waals surface area contributed by atoms with Gasteiger partial charge >= 0.3 is 6.01 Å². The number of halogens is 2. The molecule has 3 atom stereocenters. The standard InChI is InChI=1S/C32H37ClFN5O2/c1-21-7-5-6-14-38(21)15-16-41-32-36-30-27(31(37-32)39-19-23-10-11-24(20-39)35-23)18-28(33)26(29(30)34)13-12-25(40)17-22-8-3-2-4-9-22/h2-4,8-9,12-13,17-18,21,23-24,35,40H,5-7,10-11,14-16,19-20H2,1H3/b13-12+,25-17+/t21-,23?,24?/m0/s1. The molecule has 3 saturated heterocycles. The average Bonchev–Trinajstić information content (AvgIpc) is 3.31. The molecule has 0 spiro atoms. The van der Waals surface area contributed by atoms with E-state index in [2.05, 4.69) is 27.0 Å². The van der Waals surface area contributed by atoms with Crippen LogP contribution in [0.5, 0.6) is 6.01 Å². The zero-order valence-electron chi connectivity index (χ0n) is 23.4. The molecule has 3 aromatic rings. The molecule has 3 aliphatic heterocycles. The number of fused-ring (bicyclic) bond motifs is 3. The van der Waals surface area contributed by atoms with Gasteiger partial charge in [-0.15, -0.1) is 0 Å². The fourth-order valence-electron chi connectivity index (χ4n) is 6.28. The van der Waals surface area contributed by atoms with Gasteiger partial charge in [0.2, 0.25) is 0 Å². The highest BCUT2D eigenvalue weighted by molar-refractivity contribution is 6.33. The van der Waals surface area contributed by atoms with Gasteiger partial charge in [0.1, 0.15) is 23.7 Å². The first-order valence-corrected chi connectivity index (χ1v) is 15.0. The number of rotatable bonds is 8. The number of piperidine rings is 1. The summed E-state index contributed by atoms with van der Waals surface area (Å²) in [5.74, 6) is 0.0767. The Morgan fingerprint density at radius 3 is 2.68 bits per heavy atom. The number of likely N-dealkylation sites (tertiary alicyclic amines) is 1. The maximum Gasteiger partial charge on any atom is 0.319 e. The van der Waals surface area contributed by atoms with Crippen LogP contribution >= 0.6 is 11.6 Å². The maximum absolute atomic E-state index is 16.1. The molecular weight excluding hydrogens is 541 g/mol. The summed E-state index contributed by atoms with van der Waals surface area (Å²) >= 11 is 6.64. The summed E-state index contributed by atoms with van der Waals surface area (Å²) in [4.78, 5) is 14.0. The van der Waals surface area contributed by atoms with Crippen LogP contribution in [-0.4, -0.2) is 70.9 Å². The molecule has 6 rings (SSSR count). The van der Waals surface area contributed by atoms with E-state index < -0.39 is 5.82 Å². The summed E-state index contributed by atoms with van der Waals surface area (Å²) in [6, 6.07) is 12.6. The number of nitrogens with one attached hydrogen (secondary N) is 1. The van der Waals surface area contributed by atoms with Crippen molar-refractivity contribution < 1.29 is 14.2 Å². The highest BCUT2D eigenvalue weighted by atomic mass is 35.5. The molecule has 2 N–H and O–H groups in total. The van der Waals surface area contributed by atoms with Gasteiger partial charge in [0.05, 0.1) is 5.02 Å². The minimum Gasteiger partial charge on any atom is -0.508 e. The molecule has 9 heteroatoms. The Kier molecular flexibility index (Phi) is 8.42. The molecule has 216 valence electrons. The fraction of sp³-hybridized carbons (Fsp3) is 0.438. The number of piperazine rings is 1. The average molecular weight is 578 g/mol. The van der Waals surface area contributed by atoms with Crippen molar-refractivity contribution >= 4 is 40.5 Å². The highest BCUT2D eigenvalue weighted by Crippen LogP contribution is 2.36. The third-order valence-electron chi connectivity index (χ3n) is 8.48. The lowest BCUT2D eigenvalue weighted by Gasteiger charge is -2.34. The third kappa shape index (κ3) is 6.35. The molecule has 0 saturated carbocycles. The van der Waals surface area contributed by atoms with E-state index in [0.29, 0.717) is 35.9 Å². The summed E-state index contributed by atoms with van der Waals surface area (Å²) in [6.07, 6.45) is 10.4. The van der Waals surface area contributed by atoms with E-state index in [1.165, 1.54) is 31.4 Å². The van der Waals surface area contributed by atoms with E-state index in [9.17, 15) is 5.11 Å². The predicted molar refractivity (Wildman–Crippen MR) is 163 cm³/mol. The molecule has 2 bridgehead atoms. The van der Waals surface area contributed by atoms with Crippen molar-refractivity contribution in [3.05, 3.63) is 70.2 Å². The molecule has 3 fully saturated rings. The second kappa shape index (κ2) is 12.3. The fourth-order valence-corrected chi connectivity index (χ4v) is 6.54. The Labute approximate surface area is 245 Å². The summed E-state index contributed by atoms with van der Waals surface area (Å²) in [5, 5.41) is 14.9. The summed E-state index contributed by atoms with van der Waals surface area (Å²) in [6.45, 7) is 6.09. The van der Waals surface area contributed by atoms with Crippen molar-refractivity contribution in [2.24, 2.45) is 0 Å². The van der Waals surface area contributed by atoms with Crippen molar-refractivity contribution in [2.45, 2.75) is 57.2 Å². The second-order valence-electron chi connectivity index (χ2n) is 11.4.